The third kappa shape index (κ3) is 9.62. The van der Waals surface area contributed by atoms with Crippen LogP contribution in [0.3, 0.4) is 0 Å². The molecule has 2 fully saturated rings. The van der Waals surface area contributed by atoms with Crippen molar-refractivity contribution < 1.29 is 33.9 Å². The number of amides is 3. The van der Waals surface area contributed by atoms with E-state index in [9.17, 15) is 24.4 Å². The Morgan fingerprint density at radius 1 is 0.936 bits per heavy atom. The molecule has 1 unspecified atom stereocenters. The van der Waals surface area contributed by atoms with Crippen molar-refractivity contribution in [1.29, 1.82) is 0 Å². The standard InChI is InChI=1S/C34H47BN4O7.ClH/c1-45-30-17-12-11-13-24(30)20-36-28-16-7-5-3-2-4-6-8-18-31(35(43)44)37-32(40)29-19-27(23-39(29)33(28)41)46-34(42)38-21-25-14-9-10-15-26(25)22-38;/h9-15,17,27-29,31,36,43-44H,2-8,16,18-23H2,1H3,(H,37,40);1H/t27-,28?,29+,31-;/m1./s1. The Morgan fingerprint density at radius 2 is 1.55 bits per heavy atom. The lowest BCUT2D eigenvalue weighted by atomic mass is 9.76. The van der Waals surface area contributed by atoms with E-state index in [4.69, 9.17) is 9.47 Å². The van der Waals surface area contributed by atoms with Crippen molar-refractivity contribution in [2.75, 3.05) is 13.7 Å². The summed E-state index contributed by atoms with van der Waals surface area (Å²) in [4.78, 5) is 44.4. The lowest BCUT2D eigenvalue weighted by Gasteiger charge is -2.30. The zero-order valence-corrected chi connectivity index (χ0v) is 28.0. The van der Waals surface area contributed by atoms with Crippen LogP contribution in [0.1, 0.15) is 80.9 Å². The molecule has 4 N–H and O–H groups in total. The highest BCUT2D eigenvalue weighted by Gasteiger charge is 2.44. The van der Waals surface area contributed by atoms with Gasteiger partial charge in [-0.25, -0.2) is 4.79 Å². The quantitative estimate of drug-likeness (QED) is 0.341. The predicted octanol–water partition coefficient (Wildman–Crippen LogP) is 3.72. The van der Waals surface area contributed by atoms with Crippen LogP contribution in [0.5, 0.6) is 5.75 Å². The van der Waals surface area contributed by atoms with E-state index in [1.807, 2.05) is 48.5 Å². The summed E-state index contributed by atoms with van der Waals surface area (Å²) in [7, 11) is -0.114. The number of benzene rings is 2. The number of carbonyl (C=O) groups excluding carboxylic acids is 3. The highest BCUT2D eigenvalue weighted by atomic mass is 35.5. The number of para-hydroxylation sites is 1. The highest BCUT2D eigenvalue weighted by Crippen LogP contribution is 2.28. The number of rotatable bonds is 6. The second-order valence-electron chi connectivity index (χ2n) is 12.7. The molecule has 0 aliphatic carbocycles. The summed E-state index contributed by atoms with van der Waals surface area (Å²) in [5.41, 5.74) is 3.06. The minimum absolute atomic E-state index is 0. The number of methoxy groups -OCH3 is 1. The lowest BCUT2D eigenvalue weighted by molar-refractivity contribution is -0.140. The van der Waals surface area contributed by atoms with Crippen molar-refractivity contribution in [3.8, 4) is 5.75 Å². The summed E-state index contributed by atoms with van der Waals surface area (Å²) >= 11 is 0. The van der Waals surface area contributed by atoms with Crippen molar-refractivity contribution in [3.63, 3.8) is 0 Å². The van der Waals surface area contributed by atoms with E-state index in [1.54, 1.807) is 12.0 Å². The summed E-state index contributed by atoms with van der Waals surface area (Å²) in [5.74, 6) is -0.857. The van der Waals surface area contributed by atoms with E-state index < -0.39 is 43.2 Å². The number of carbonyl (C=O) groups is 3. The molecule has 47 heavy (non-hydrogen) atoms. The summed E-state index contributed by atoms with van der Waals surface area (Å²) in [6, 6.07) is 14.0. The molecular formula is C34H48BClN4O7. The molecular weight excluding hydrogens is 623 g/mol. The first-order valence-corrected chi connectivity index (χ1v) is 16.7. The normalized spacial score (nSPS) is 24.1. The molecule has 3 heterocycles. The van der Waals surface area contributed by atoms with Crippen molar-refractivity contribution in [3.05, 3.63) is 65.2 Å². The first-order valence-electron chi connectivity index (χ1n) is 16.7. The van der Waals surface area contributed by atoms with E-state index >= 15 is 0 Å². The van der Waals surface area contributed by atoms with Crippen LogP contribution in [0.25, 0.3) is 0 Å². The first-order chi connectivity index (χ1) is 22.3. The Kier molecular flexibility index (Phi) is 13.8. The molecule has 0 saturated carbocycles. The summed E-state index contributed by atoms with van der Waals surface area (Å²) in [6.07, 6.45) is 6.64. The molecule has 2 aromatic rings. The number of halogens is 1. The Morgan fingerprint density at radius 3 is 2.21 bits per heavy atom. The van der Waals surface area contributed by atoms with Gasteiger partial charge in [0.05, 0.1) is 25.6 Å². The Bertz CT molecular complexity index is 1330. The number of fused-ring (bicyclic) bond motifs is 2. The molecule has 11 nitrogen and oxygen atoms in total. The van der Waals surface area contributed by atoms with Crippen LogP contribution in [0.15, 0.2) is 48.5 Å². The smallest absolute Gasteiger partial charge is 0.475 e. The number of nitrogens with one attached hydrogen (secondary N) is 2. The van der Waals surface area contributed by atoms with Gasteiger partial charge in [-0.05, 0) is 30.0 Å². The van der Waals surface area contributed by atoms with E-state index in [1.165, 1.54) is 4.90 Å². The molecule has 13 heteroatoms. The molecule has 3 amide bonds. The van der Waals surface area contributed by atoms with Gasteiger partial charge in [-0.15, -0.1) is 12.4 Å². The fourth-order valence-corrected chi connectivity index (χ4v) is 6.82. The van der Waals surface area contributed by atoms with Crippen LogP contribution in [0.2, 0.25) is 0 Å². The number of ether oxygens (including phenoxy) is 2. The van der Waals surface area contributed by atoms with Crippen LogP contribution in [-0.2, 0) is 34.0 Å². The predicted molar refractivity (Wildman–Crippen MR) is 181 cm³/mol. The van der Waals surface area contributed by atoms with E-state index in [0.717, 1.165) is 67.4 Å². The van der Waals surface area contributed by atoms with Gasteiger partial charge in [0.2, 0.25) is 11.8 Å². The summed E-state index contributed by atoms with van der Waals surface area (Å²) in [5, 5.41) is 26.4. The van der Waals surface area contributed by atoms with Gasteiger partial charge in [-0.1, -0.05) is 87.4 Å². The fourth-order valence-electron chi connectivity index (χ4n) is 6.82. The Balaban J connectivity index is 0.00000500. The molecule has 3 aliphatic heterocycles. The fraction of sp³-hybridized carbons (Fsp3) is 0.559. The van der Waals surface area contributed by atoms with Crippen molar-refractivity contribution in [2.24, 2.45) is 0 Å². The first kappa shape index (κ1) is 36.5. The molecule has 2 aromatic carbocycles. The third-order valence-corrected chi connectivity index (χ3v) is 9.44. The zero-order valence-electron chi connectivity index (χ0n) is 27.1. The van der Waals surface area contributed by atoms with E-state index in [0.29, 0.717) is 32.5 Å². The lowest BCUT2D eigenvalue weighted by Crippen LogP contribution is -2.56. The average Bonchev–Trinajstić information content (AvgIpc) is 3.69. The minimum Gasteiger partial charge on any atom is -0.496 e. The van der Waals surface area contributed by atoms with Crippen LogP contribution >= 0.6 is 12.4 Å². The largest absolute Gasteiger partial charge is 0.496 e. The van der Waals surface area contributed by atoms with Gasteiger partial charge in [-0.2, -0.15) is 0 Å². The Hall–Kier alpha value is -3.32. The SMILES string of the molecule is COc1ccccc1CNC1CCCCCCCCC[C@H](B(O)O)NC(=O)[C@@H]2C[C@@H](OC(=O)N3Cc4ccccc4C3)CN2C1=O.Cl. The molecule has 4 atom stereocenters. The van der Waals surface area contributed by atoms with Gasteiger partial charge < -0.3 is 35.1 Å². The Labute approximate surface area is 283 Å². The maximum Gasteiger partial charge on any atom is 0.475 e. The van der Waals surface area contributed by atoms with Crippen LogP contribution in [0, 0.1) is 0 Å². The molecule has 0 bridgehead atoms. The average molecular weight is 671 g/mol. The topological polar surface area (TPSA) is 141 Å². The van der Waals surface area contributed by atoms with Gasteiger partial charge in [0, 0.05) is 31.6 Å². The monoisotopic (exact) mass is 670 g/mol. The van der Waals surface area contributed by atoms with Gasteiger partial charge >= 0.3 is 13.2 Å². The number of hydrogen-bond donors (Lipinski definition) is 4. The van der Waals surface area contributed by atoms with Crippen LogP contribution < -0.4 is 15.4 Å². The van der Waals surface area contributed by atoms with Gasteiger partial charge in [-0.3, -0.25) is 14.5 Å². The second-order valence-corrected chi connectivity index (χ2v) is 12.7. The molecule has 0 aromatic heterocycles. The zero-order chi connectivity index (χ0) is 32.5. The highest BCUT2D eigenvalue weighted by molar-refractivity contribution is 6.43. The van der Waals surface area contributed by atoms with Crippen molar-refractivity contribution >= 4 is 37.4 Å². The molecule has 0 radical (unpaired) electrons. The van der Waals surface area contributed by atoms with Gasteiger partial charge in [0.1, 0.15) is 17.9 Å². The van der Waals surface area contributed by atoms with E-state index in [2.05, 4.69) is 10.6 Å². The van der Waals surface area contributed by atoms with Gasteiger partial charge in [0.15, 0.2) is 0 Å². The maximum atomic E-state index is 14.3. The van der Waals surface area contributed by atoms with Crippen LogP contribution in [-0.4, -0.2) is 82.7 Å². The third-order valence-electron chi connectivity index (χ3n) is 9.44. The number of hydrogen-bond acceptors (Lipinski definition) is 8. The minimum atomic E-state index is -1.73. The van der Waals surface area contributed by atoms with Crippen LogP contribution in [0.4, 0.5) is 4.79 Å². The molecule has 5 rings (SSSR count). The number of nitrogens with zero attached hydrogens (tertiary/aromatic N) is 2. The molecule has 3 aliphatic rings. The molecule has 256 valence electrons. The van der Waals surface area contributed by atoms with Crippen molar-refractivity contribution in [2.45, 2.75) is 108 Å². The van der Waals surface area contributed by atoms with E-state index in [-0.39, 0.29) is 31.3 Å². The maximum absolute atomic E-state index is 14.3. The van der Waals surface area contributed by atoms with Gasteiger partial charge in [0.25, 0.3) is 0 Å². The second kappa shape index (κ2) is 17.7. The summed E-state index contributed by atoms with van der Waals surface area (Å²) in [6.45, 7) is 1.36. The molecule has 0 spiro atoms. The summed E-state index contributed by atoms with van der Waals surface area (Å²) < 4.78 is 11.4. The van der Waals surface area contributed by atoms with Crippen molar-refractivity contribution in [1.82, 2.24) is 20.4 Å². The molecule has 2 saturated heterocycles.